The smallest absolute Gasteiger partial charge is 0.335 e. The number of Topliss-reactive ketones (excluding diaryl/α,β-unsaturated/α-hetero) is 2. The minimum atomic E-state index is -2.53. The zero-order valence-electron chi connectivity index (χ0n) is 16.9. The second-order valence-corrected chi connectivity index (χ2v) is 7.86. The van der Waals surface area contributed by atoms with Gasteiger partial charge in [-0.15, -0.1) is 0 Å². The van der Waals surface area contributed by atoms with Crippen molar-refractivity contribution in [3.63, 3.8) is 0 Å². The first-order chi connectivity index (χ1) is 14.2. The number of ether oxygens (including phenoxy) is 1. The lowest BCUT2D eigenvalue weighted by Gasteiger charge is -2.47. The normalized spacial score (nSPS) is 28.5. The number of amides is 2. The van der Waals surface area contributed by atoms with Gasteiger partial charge in [0.25, 0.3) is 5.60 Å². The first-order valence-corrected chi connectivity index (χ1v) is 10.1. The summed E-state index contributed by atoms with van der Waals surface area (Å²) < 4.78 is 5.97. The van der Waals surface area contributed by atoms with E-state index in [4.69, 9.17) is 4.74 Å². The average Bonchev–Trinajstić information content (AvgIpc) is 2.78. The molecule has 1 N–H and O–H groups in total. The van der Waals surface area contributed by atoms with Crippen LogP contribution in [0, 0.1) is 0 Å². The molecule has 2 aliphatic heterocycles. The Morgan fingerprint density at radius 3 is 1.80 bits per heavy atom. The third-order valence-corrected chi connectivity index (χ3v) is 5.94. The molecule has 0 saturated carbocycles. The lowest BCUT2D eigenvalue weighted by molar-refractivity contribution is -0.186. The van der Waals surface area contributed by atoms with Gasteiger partial charge in [0.15, 0.2) is 17.1 Å². The van der Waals surface area contributed by atoms with Crippen molar-refractivity contribution in [1.82, 2.24) is 4.90 Å². The van der Waals surface area contributed by atoms with Gasteiger partial charge in [0.2, 0.25) is 11.8 Å². The highest BCUT2D eigenvalue weighted by Crippen LogP contribution is 2.41. The number of nitrogens with zero attached hydrogens (tertiary/aromatic N) is 1. The molecule has 160 valence electrons. The second kappa shape index (κ2) is 8.38. The van der Waals surface area contributed by atoms with E-state index in [1.807, 2.05) is 0 Å². The highest BCUT2D eigenvalue weighted by Gasteiger charge is 2.69. The van der Waals surface area contributed by atoms with Gasteiger partial charge in [-0.1, -0.05) is 18.2 Å². The molecule has 2 aliphatic rings. The predicted molar refractivity (Wildman–Crippen MR) is 105 cm³/mol. The van der Waals surface area contributed by atoms with E-state index in [0.29, 0.717) is 17.7 Å². The number of ketones is 2. The Kier molecular flexibility index (Phi) is 6.05. The summed E-state index contributed by atoms with van der Waals surface area (Å²) in [4.78, 5) is 66.4. The number of rotatable bonds is 3. The van der Waals surface area contributed by atoms with Gasteiger partial charge in [0.1, 0.15) is 5.75 Å². The lowest BCUT2D eigenvalue weighted by Crippen LogP contribution is -2.77. The van der Waals surface area contributed by atoms with Crippen molar-refractivity contribution < 1.29 is 33.8 Å². The summed E-state index contributed by atoms with van der Waals surface area (Å²) in [6.45, 7) is 1.08. The summed E-state index contributed by atoms with van der Waals surface area (Å²) in [7, 11) is 0. The van der Waals surface area contributed by atoms with E-state index in [1.165, 1.54) is 12.1 Å². The summed E-state index contributed by atoms with van der Waals surface area (Å²) in [5.74, 6) is -4.40. The van der Waals surface area contributed by atoms with Crippen molar-refractivity contribution in [2.24, 2.45) is 0 Å². The maximum absolute atomic E-state index is 13.5. The summed E-state index contributed by atoms with van der Waals surface area (Å²) in [5.41, 5.74) is -5.04. The number of carboxylic acid groups (broad SMARTS) is 1. The molecule has 1 aromatic carbocycles. The van der Waals surface area contributed by atoms with Crippen molar-refractivity contribution in [3.8, 4) is 5.75 Å². The van der Waals surface area contributed by atoms with E-state index in [0.717, 1.165) is 6.92 Å². The van der Waals surface area contributed by atoms with Gasteiger partial charge in [-0.05, 0) is 44.7 Å². The van der Waals surface area contributed by atoms with E-state index >= 15 is 0 Å². The summed E-state index contributed by atoms with van der Waals surface area (Å²) >= 11 is 0. The van der Waals surface area contributed by atoms with Crippen molar-refractivity contribution in [2.75, 3.05) is 0 Å². The van der Waals surface area contributed by atoms with Crippen molar-refractivity contribution >= 4 is 29.4 Å². The molecule has 0 radical (unpaired) electrons. The number of fused-ring (bicyclic) bond motifs is 2. The zero-order valence-corrected chi connectivity index (χ0v) is 16.9. The average molecular weight is 415 g/mol. The summed E-state index contributed by atoms with van der Waals surface area (Å²) in [5, 5.41) is 10.3. The molecule has 1 unspecified atom stereocenters. The van der Waals surface area contributed by atoms with Crippen LogP contribution >= 0.6 is 0 Å². The number of hydrogen-bond acceptors (Lipinski definition) is 6. The van der Waals surface area contributed by atoms with Crippen LogP contribution in [0.4, 0.5) is 0 Å². The van der Waals surface area contributed by atoms with Gasteiger partial charge >= 0.3 is 5.97 Å². The first kappa shape index (κ1) is 21.7. The van der Waals surface area contributed by atoms with Crippen LogP contribution in [0.15, 0.2) is 30.3 Å². The zero-order chi connectivity index (χ0) is 21.9. The lowest BCUT2D eigenvalue weighted by atomic mass is 9.71. The quantitative estimate of drug-likeness (QED) is 0.594. The van der Waals surface area contributed by atoms with E-state index in [1.54, 1.807) is 18.2 Å². The van der Waals surface area contributed by atoms with Crippen LogP contribution in [0.25, 0.3) is 0 Å². The number of aliphatic carboxylic acids is 1. The standard InChI is InChI=1S/C22H25NO7/c1-21(20(28)29)22(30-15-9-3-2-4-10-15)16(24)11-5-7-13-18(26)23(21)19(27)14-8-6-12-17(22)25/h2-4,9-10H,5-8,11-14H2,1H3,(H,28,29). The predicted octanol–water partition coefficient (Wildman–Crippen LogP) is 2.29. The second-order valence-electron chi connectivity index (χ2n) is 7.86. The van der Waals surface area contributed by atoms with Crippen LogP contribution in [0.5, 0.6) is 5.75 Å². The minimum absolute atomic E-state index is 0.0858. The van der Waals surface area contributed by atoms with Crippen LogP contribution in [0.1, 0.15) is 58.3 Å². The maximum Gasteiger partial charge on any atom is 0.335 e. The van der Waals surface area contributed by atoms with Gasteiger partial charge in [0, 0.05) is 25.7 Å². The van der Waals surface area contributed by atoms with Gasteiger partial charge in [-0.3, -0.25) is 24.1 Å². The topological polar surface area (TPSA) is 118 Å². The van der Waals surface area contributed by atoms with E-state index in [2.05, 4.69) is 0 Å². The van der Waals surface area contributed by atoms with Crippen LogP contribution in [0.3, 0.4) is 0 Å². The van der Waals surface area contributed by atoms with E-state index in [-0.39, 0.29) is 44.3 Å². The Morgan fingerprint density at radius 1 is 0.867 bits per heavy atom. The molecule has 1 aromatic rings. The molecule has 0 aliphatic carbocycles. The number of benzene rings is 1. The van der Waals surface area contributed by atoms with Gasteiger partial charge < -0.3 is 9.84 Å². The third kappa shape index (κ3) is 3.40. The fourth-order valence-corrected chi connectivity index (χ4v) is 4.32. The minimum Gasteiger partial charge on any atom is -0.479 e. The number of carboxylic acids is 1. The maximum atomic E-state index is 13.5. The fraction of sp³-hybridized carbons (Fsp3) is 0.500. The van der Waals surface area contributed by atoms with Crippen molar-refractivity contribution in [3.05, 3.63) is 30.3 Å². The molecule has 0 aromatic heterocycles. The molecule has 2 heterocycles. The van der Waals surface area contributed by atoms with Crippen LogP contribution < -0.4 is 4.74 Å². The van der Waals surface area contributed by atoms with Crippen molar-refractivity contribution in [2.45, 2.75) is 69.4 Å². The van der Waals surface area contributed by atoms with E-state index in [9.17, 15) is 29.1 Å². The molecule has 8 heteroatoms. The molecule has 0 spiro atoms. The SMILES string of the molecule is CC1(C(=O)O)N2C(=O)CCCCC(=O)C1(Oc1ccccc1)C(=O)CCCCC2=O. The Hall–Kier alpha value is -3.03. The van der Waals surface area contributed by atoms with Crippen LogP contribution in [-0.2, 0) is 24.0 Å². The molecule has 2 amide bonds. The molecule has 2 fully saturated rings. The molecule has 30 heavy (non-hydrogen) atoms. The number of carbonyl (C=O) groups is 5. The van der Waals surface area contributed by atoms with Gasteiger partial charge in [-0.25, -0.2) is 4.79 Å². The Bertz CT molecular complexity index is 843. The number of imide groups is 1. The molecule has 1 atom stereocenters. The third-order valence-electron chi connectivity index (χ3n) is 5.94. The van der Waals surface area contributed by atoms with E-state index < -0.39 is 40.5 Å². The molecule has 2 bridgehead atoms. The highest BCUT2D eigenvalue weighted by molar-refractivity contribution is 6.18. The first-order valence-electron chi connectivity index (χ1n) is 10.1. The number of para-hydroxylation sites is 1. The Balaban J connectivity index is 2.36. The molecular weight excluding hydrogens is 390 g/mol. The fourth-order valence-electron chi connectivity index (χ4n) is 4.32. The van der Waals surface area contributed by atoms with Crippen LogP contribution in [-0.4, -0.2) is 50.5 Å². The summed E-state index contributed by atoms with van der Waals surface area (Å²) in [6.07, 6.45) is 0.757. The molecule has 8 nitrogen and oxygen atoms in total. The Labute approximate surface area is 174 Å². The number of carbonyl (C=O) groups excluding carboxylic acids is 4. The Morgan fingerprint density at radius 2 is 1.33 bits per heavy atom. The van der Waals surface area contributed by atoms with Crippen LogP contribution in [0.2, 0.25) is 0 Å². The molecular formula is C22H25NO7. The van der Waals surface area contributed by atoms with Gasteiger partial charge in [-0.2, -0.15) is 0 Å². The largest absolute Gasteiger partial charge is 0.479 e. The molecule has 3 rings (SSSR count). The molecule has 2 saturated heterocycles. The highest BCUT2D eigenvalue weighted by atomic mass is 16.5. The van der Waals surface area contributed by atoms with Gasteiger partial charge in [0.05, 0.1) is 0 Å². The summed E-state index contributed by atoms with van der Waals surface area (Å²) in [6, 6.07) is 7.96. The van der Waals surface area contributed by atoms with Crippen molar-refractivity contribution in [1.29, 1.82) is 0 Å². The monoisotopic (exact) mass is 415 g/mol. The number of hydrogen-bond donors (Lipinski definition) is 1.